The predicted octanol–water partition coefficient (Wildman–Crippen LogP) is 6.05. The third kappa shape index (κ3) is 5.37. The van der Waals surface area contributed by atoms with Crippen molar-refractivity contribution in [3.05, 3.63) is 112 Å². The summed E-state index contributed by atoms with van der Waals surface area (Å²) in [6.45, 7) is 0.377. The van der Waals surface area contributed by atoms with E-state index in [-0.39, 0.29) is 22.9 Å². The van der Waals surface area contributed by atoms with E-state index in [9.17, 15) is 19.1 Å². The molecule has 1 aliphatic rings. The molecule has 210 valence electrons. The van der Waals surface area contributed by atoms with Gasteiger partial charge in [-0.3, -0.25) is 9.59 Å². The number of anilines is 2. The van der Waals surface area contributed by atoms with Crippen molar-refractivity contribution in [2.24, 2.45) is 0 Å². The second kappa shape index (κ2) is 11.5. The van der Waals surface area contributed by atoms with Crippen molar-refractivity contribution in [3.63, 3.8) is 0 Å². The van der Waals surface area contributed by atoms with Crippen molar-refractivity contribution < 1.29 is 19.1 Å². The number of fused-ring (bicyclic) bond motifs is 1. The number of aromatic nitrogens is 4. The van der Waals surface area contributed by atoms with Gasteiger partial charge in [0.1, 0.15) is 5.82 Å². The maximum absolute atomic E-state index is 14.2. The van der Waals surface area contributed by atoms with E-state index >= 15 is 0 Å². The minimum atomic E-state index is -0.752. The van der Waals surface area contributed by atoms with Crippen LogP contribution in [0, 0.1) is 5.82 Å². The summed E-state index contributed by atoms with van der Waals surface area (Å²) in [5.41, 5.74) is 3.55. The quantitative estimate of drug-likeness (QED) is 0.232. The molecule has 4 aromatic carbocycles. The summed E-state index contributed by atoms with van der Waals surface area (Å²) < 4.78 is 14.2. The third-order valence-electron chi connectivity index (χ3n) is 7.15. The minimum absolute atomic E-state index is 0.160. The lowest BCUT2D eigenvalue weighted by atomic mass is 9.98. The van der Waals surface area contributed by atoms with Crippen molar-refractivity contribution in [2.45, 2.75) is 18.9 Å². The van der Waals surface area contributed by atoms with Crippen LogP contribution in [0.4, 0.5) is 15.8 Å². The van der Waals surface area contributed by atoms with Crippen LogP contribution in [0.3, 0.4) is 0 Å². The zero-order valence-corrected chi connectivity index (χ0v) is 22.8. The van der Waals surface area contributed by atoms with Crippen LogP contribution in [0.25, 0.3) is 22.5 Å². The van der Waals surface area contributed by atoms with E-state index in [1.54, 1.807) is 53.4 Å². The number of amides is 2. The first-order valence-corrected chi connectivity index (χ1v) is 13.6. The van der Waals surface area contributed by atoms with Crippen LogP contribution in [0.15, 0.2) is 84.9 Å². The average Bonchev–Trinajstić information content (AvgIpc) is 3.49. The second-order valence-electron chi connectivity index (χ2n) is 9.82. The van der Waals surface area contributed by atoms with Gasteiger partial charge in [-0.15, -0.1) is 10.2 Å². The molecule has 11 heteroatoms. The molecule has 0 fully saturated rings. The normalized spacial score (nSPS) is 14.6. The largest absolute Gasteiger partial charge is 0.388 e. The zero-order chi connectivity index (χ0) is 29.2. The number of nitrogens with one attached hydrogen (secondary N) is 2. The average molecular weight is 583 g/mol. The number of carbonyl (C=O) groups excluding carboxylic acids is 2. The second-order valence-corrected chi connectivity index (χ2v) is 10.3. The first-order chi connectivity index (χ1) is 20.4. The minimum Gasteiger partial charge on any atom is -0.388 e. The molecule has 0 saturated carbocycles. The van der Waals surface area contributed by atoms with E-state index in [4.69, 9.17) is 11.6 Å². The Bertz CT molecular complexity index is 1780. The molecule has 42 heavy (non-hydrogen) atoms. The SMILES string of the molecule is O=C(Nc1ccc(C(=O)N2CCCC(O)c3cc(Cl)ccc32)c(-c2nn[nH]n2)c1)c1ccc(F)cc1-c1ccccc1. The Hall–Kier alpha value is -4.93. The summed E-state index contributed by atoms with van der Waals surface area (Å²) in [5.74, 6) is -1.10. The summed E-state index contributed by atoms with van der Waals surface area (Å²) in [6.07, 6.45) is 0.304. The summed E-state index contributed by atoms with van der Waals surface area (Å²) in [6, 6.07) is 22.9. The van der Waals surface area contributed by atoms with Crippen LogP contribution in [-0.2, 0) is 0 Å². The zero-order valence-electron chi connectivity index (χ0n) is 22.1. The number of aliphatic hydroxyl groups is 1. The number of aliphatic hydroxyl groups excluding tert-OH is 1. The molecule has 3 N–H and O–H groups in total. The van der Waals surface area contributed by atoms with Crippen molar-refractivity contribution in [2.75, 3.05) is 16.8 Å². The Morgan fingerprint density at radius 1 is 0.976 bits per heavy atom. The van der Waals surface area contributed by atoms with Crippen LogP contribution < -0.4 is 10.2 Å². The molecule has 9 nitrogen and oxygen atoms in total. The van der Waals surface area contributed by atoms with Crippen LogP contribution in [-0.4, -0.2) is 44.1 Å². The number of tetrazole rings is 1. The molecule has 1 unspecified atom stereocenters. The molecule has 1 atom stereocenters. The number of rotatable bonds is 5. The first-order valence-electron chi connectivity index (χ1n) is 13.2. The monoisotopic (exact) mass is 582 g/mol. The fourth-order valence-corrected chi connectivity index (χ4v) is 5.33. The number of halogens is 2. The molecule has 1 aliphatic heterocycles. The van der Waals surface area contributed by atoms with Crippen molar-refractivity contribution >= 4 is 34.8 Å². The van der Waals surface area contributed by atoms with Crippen molar-refractivity contribution in [1.82, 2.24) is 20.6 Å². The lowest BCUT2D eigenvalue weighted by molar-refractivity contribution is 0.0986. The summed E-state index contributed by atoms with van der Waals surface area (Å²) >= 11 is 6.19. The van der Waals surface area contributed by atoms with Crippen LogP contribution in [0.1, 0.15) is 45.2 Å². The van der Waals surface area contributed by atoms with Gasteiger partial charge in [0.05, 0.1) is 11.7 Å². The number of benzene rings is 4. The highest BCUT2D eigenvalue weighted by Gasteiger charge is 2.29. The van der Waals surface area contributed by atoms with E-state index in [2.05, 4.69) is 25.9 Å². The standard InChI is InChI=1S/C31H24ClFN6O3/c32-19-8-13-27-26(15-19)28(40)7-4-14-39(27)31(42)23-12-10-21(17-25(23)29-35-37-38-36-29)34-30(41)22-11-9-20(33)16-24(22)18-5-2-1-3-6-18/h1-3,5-6,8-13,15-17,28,40H,4,7,14H2,(H,34,41)(H,35,36,37,38). The summed E-state index contributed by atoms with van der Waals surface area (Å²) in [7, 11) is 0. The Kier molecular flexibility index (Phi) is 7.47. The maximum atomic E-state index is 14.2. The molecule has 0 radical (unpaired) electrons. The van der Waals surface area contributed by atoms with Crippen LogP contribution >= 0.6 is 11.6 Å². The number of hydrogen-bond acceptors (Lipinski definition) is 6. The van der Waals surface area contributed by atoms with Gasteiger partial charge in [-0.2, -0.15) is 5.21 Å². The Balaban J connectivity index is 1.36. The number of aromatic amines is 1. The summed E-state index contributed by atoms with van der Waals surface area (Å²) in [5, 5.41) is 28.2. The van der Waals surface area contributed by atoms with Gasteiger partial charge in [0.25, 0.3) is 11.8 Å². The van der Waals surface area contributed by atoms with E-state index in [0.29, 0.717) is 58.0 Å². The van der Waals surface area contributed by atoms with Crippen LogP contribution in [0.2, 0.25) is 5.02 Å². The van der Waals surface area contributed by atoms with Crippen molar-refractivity contribution in [1.29, 1.82) is 0 Å². The molecule has 1 aromatic heterocycles. The molecular formula is C31H24ClFN6O3. The molecule has 5 aromatic rings. The first kappa shape index (κ1) is 27.3. The van der Waals surface area contributed by atoms with Gasteiger partial charge in [0, 0.05) is 39.6 Å². The fourth-order valence-electron chi connectivity index (χ4n) is 5.15. The highest BCUT2D eigenvalue weighted by molar-refractivity contribution is 6.30. The van der Waals surface area contributed by atoms with Gasteiger partial charge in [-0.1, -0.05) is 41.9 Å². The molecule has 2 heterocycles. The fraction of sp³-hybridized carbons (Fsp3) is 0.129. The summed E-state index contributed by atoms with van der Waals surface area (Å²) in [4.78, 5) is 29.0. The highest BCUT2D eigenvalue weighted by Crippen LogP contribution is 2.37. The van der Waals surface area contributed by atoms with E-state index < -0.39 is 17.8 Å². The predicted molar refractivity (Wildman–Crippen MR) is 157 cm³/mol. The Morgan fingerprint density at radius 2 is 1.79 bits per heavy atom. The maximum Gasteiger partial charge on any atom is 0.259 e. The molecule has 0 saturated heterocycles. The van der Waals surface area contributed by atoms with Crippen molar-refractivity contribution in [3.8, 4) is 22.5 Å². The Morgan fingerprint density at radius 3 is 2.57 bits per heavy atom. The van der Waals surface area contributed by atoms with Gasteiger partial charge in [-0.05, 0) is 83.8 Å². The molecule has 6 rings (SSSR count). The lowest BCUT2D eigenvalue weighted by Crippen LogP contribution is -2.32. The van der Waals surface area contributed by atoms with E-state index in [1.165, 1.54) is 18.2 Å². The number of nitrogens with zero attached hydrogens (tertiary/aromatic N) is 4. The molecule has 0 aliphatic carbocycles. The number of carbonyl (C=O) groups is 2. The van der Waals surface area contributed by atoms with Gasteiger partial charge in [-0.25, -0.2) is 4.39 Å². The topological polar surface area (TPSA) is 124 Å². The van der Waals surface area contributed by atoms with Gasteiger partial charge in [0.15, 0.2) is 0 Å². The van der Waals surface area contributed by atoms with E-state index in [1.807, 2.05) is 18.2 Å². The lowest BCUT2D eigenvalue weighted by Gasteiger charge is -2.24. The van der Waals surface area contributed by atoms with Gasteiger partial charge < -0.3 is 15.3 Å². The highest BCUT2D eigenvalue weighted by atomic mass is 35.5. The Labute approximate surface area is 245 Å². The van der Waals surface area contributed by atoms with E-state index in [0.717, 1.165) is 0 Å². The third-order valence-corrected chi connectivity index (χ3v) is 7.38. The smallest absolute Gasteiger partial charge is 0.259 e. The molecule has 2 amide bonds. The molecule has 0 bridgehead atoms. The molecule has 0 spiro atoms. The number of H-pyrrole nitrogens is 1. The van der Waals surface area contributed by atoms with Gasteiger partial charge in [0.2, 0.25) is 5.82 Å². The van der Waals surface area contributed by atoms with Gasteiger partial charge >= 0.3 is 0 Å². The van der Waals surface area contributed by atoms with Crippen LogP contribution in [0.5, 0.6) is 0 Å². The number of hydrogen-bond donors (Lipinski definition) is 3. The molecular weight excluding hydrogens is 559 g/mol.